The third kappa shape index (κ3) is 3.38. The molecule has 0 saturated heterocycles. The summed E-state index contributed by atoms with van der Waals surface area (Å²) in [5, 5.41) is 3.44. The number of anilines is 2. The Morgan fingerprint density at radius 3 is 2.55 bits per heavy atom. The summed E-state index contributed by atoms with van der Waals surface area (Å²) in [5.41, 5.74) is 3.81. The molecular weight excluding hydrogens is 272 g/mol. The largest absolute Gasteiger partial charge is 0.365 e. The van der Waals surface area contributed by atoms with E-state index < -0.39 is 0 Å². The molecule has 1 aromatic carbocycles. The van der Waals surface area contributed by atoms with Gasteiger partial charge < -0.3 is 10.2 Å². The van der Waals surface area contributed by atoms with E-state index in [0.717, 1.165) is 37.0 Å². The van der Waals surface area contributed by atoms with Crippen LogP contribution in [0, 0.1) is 6.92 Å². The molecule has 1 N–H and O–H groups in total. The Labute approximate surface area is 132 Å². The zero-order valence-corrected chi connectivity index (χ0v) is 13.8. The van der Waals surface area contributed by atoms with Gasteiger partial charge in [-0.25, -0.2) is 4.98 Å². The Morgan fingerprint density at radius 2 is 1.82 bits per heavy atom. The highest BCUT2D eigenvalue weighted by atomic mass is 15.3. The minimum atomic E-state index is -0.00738. The molecule has 0 aliphatic carbocycles. The summed E-state index contributed by atoms with van der Waals surface area (Å²) in [6.45, 7) is 10.3. The minimum Gasteiger partial charge on any atom is -0.365 e. The number of hydrogen-bond acceptors (Lipinski definition) is 4. The molecule has 2 aromatic rings. The fourth-order valence-corrected chi connectivity index (χ4v) is 2.81. The first-order chi connectivity index (χ1) is 10.4. The van der Waals surface area contributed by atoms with Gasteiger partial charge in [-0.2, -0.15) is 4.98 Å². The maximum absolute atomic E-state index is 4.72. The molecule has 1 aromatic heterocycles. The second-order valence-corrected chi connectivity index (χ2v) is 7.01. The van der Waals surface area contributed by atoms with Crippen LogP contribution < -0.4 is 10.2 Å². The standard InChI is InChI=1S/C18H24N4/c1-13-11-16(21-18(2,3)4)20-17(19-13)22-10-9-14-7-5-6-8-15(14)12-22/h5-8,11H,9-10,12H2,1-4H3,(H,19,20,21). The Kier molecular flexibility index (Phi) is 3.77. The third-order valence-electron chi connectivity index (χ3n) is 3.76. The van der Waals surface area contributed by atoms with Gasteiger partial charge >= 0.3 is 0 Å². The van der Waals surface area contributed by atoms with E-state index in [1.54, 1.807) is 0 Å². The number of aromatic nitrogens is 2. The van der Waals surface area contributed by atoms with Crippen molar-refractivity contribution < 1.29 is 0 Å². The number of nitrogens with one attached hydrogen (secondary N) is 1. The highest BCUT2D eigenvalue weighted by Gasteiger charge is 2.19. The van der Waals surface area contributed by atoms with Crippen LogP contribution >= 0.6 is 0 Å². The van der Waals surface area contributed by atoms with Crippen molar-refractivity contribution >= 4 is 11.8 Å². The fourth-order valence-electron chi connectivity index (χ4n) is 2.81. The van der Waals surface area contributed by atoms with Gasteiger partial charge in [0.05, 0.1) is 0 Å². The van der Waals surface area contributed by atoms with Gasteiger partial charge in [-0.3, -0.25) is 0 Å². The molecule has 0 radical (unpaired) electrons. The number of hydrogen-bond donors (Lipinski definition) is 1. The molecular formula is C18H24N4. The summed E-state index contributed by atoms with van der Waals surface area (Å²) in [7, 11) is 0. The van der Waals surface area contributed by atoms with Crippen molar-refractivity contribution in [3.63, 3.8) is 0 Å². The summed E-state index contributed by atoms with van der Waals surface area (Å²) < 4.78 is 0. The molecule has 0 atom stereocenters. The van der Waals surface area contributed by atoms with Gasteiger partial charge in [0.25, 0.3) is 0 Å². The van der Waals surface area contributed by atoms with Crippen molar-refractivity contribution in [2.75, 3.05) is 16.8 Å². The first-order valence-electron chi connectivity index (χ1n) is 7.86. The Morgan fingerprint density at radius 1 is 1.09 bits per heavy atom. The van der Waals surface area contributed by atoms with E-state index in [2.05, 4.69) is 60.2 Å². The average Bonchev–Trinajstić information content (AvgIpc) is 2.44. The van der Waals surface area contributed by atoms with Gasteiger partial charge in [0.1, 0.15) is 5.82 Å². The van der Waals surface area contributed by atoms with Crippen LogP contribution in [0.4, 0.5) is 11.8 Å². The normalized spacial score (nSPS) is 14.6. The van der Waals surface area contributed by atoms with Crippen molar-refractivity contribution in [1.82, 2.24) is 9.97 Å². The number of nitrogens with zero attached hydrogens (tertiary/aromatic N) is 3. The van der Waals surface area contributed by atoms with Crippen LogP contribution in [0.3, 0.4) is 0 Å². The van der Waals surface area contributed by atoms with Crippen LogP contribution in [0.5, 0.6) is 0 Å². The van der Waals surface area contributed by atoms with Crippen LogP contribution in [0.15, 0.2) is 30.3 Å². The minimum absolute atomic E-state index is 0.00738. The van der Waals surface area contributed by atoms with Crippen LogP contribution in [0.2, 0.25) is 0 Å². The fraction of sp³-hybridized carbons (Fsp3) is 0.444. The van der Waals surface area contributed by atoms with Gasteiger partial charge in [-0.1, -0.05) is 24.3 Å². The number of fused-ring (bicyclic) bond motifs is 1. The maximum atomic E-state index is 4.72. The van der Waals surface area contributed by atoms with Gasteiger partial charge in [-0.15, -0.1) is 0 Å². The third-order valence-corrected chi connectivity index (χ3v) is 3.76. The molecule has 0 spiro atoms. The summed E-state index contributed by atoms with van der Waals surface area (Å²) in [5.74, 6) is 1.72. The van der Waals surface area contributed by atoms with E-state index in [0.29, 0.717) is 0 Å². The van der Waals surface area contributed by atoms with Crippen molar-refractivity contribution in [3.8, 4) is 0 Å². The van der Waals surface area contributed by atoms with Gasteiger partial charge in [0.15, 0.2) is 0 Å². The van der Waals surface area contributed by atoms with E-state index in [-0.39, 0.29) is 5.54 Å². The van der Waals surface area contributed by atoms with Crippen LogP contribution in [-0.4, -0.2) is 22.1 Å². The second kappa shape index (κ2) is 5.59. The van der Waals surface area contributed by atoms with Crippen molar-refractivity contribution in [2.45, 2.75) is 46.2 Å². The molecule has 1 aliphatic rings. The second-order valence-electron chi connectivity index (χ2n) is 7.01. The summed E-state index contributed by atoms with van der Waals surface area (Å²) in [4.78, 5) is 11.6. The quantitative estimate of drug-likeness (QED) is 0.920. The summed E-state index contributed by atoms with van der Waals surface area (Å²) in [6, 6.07) is 10.6. The smallest absolute Gasteiger partial charge is 0.227 e. The molecule has 4 nitrogen and oxygen atoms in total. The molecule has 0 unspecified atom stereocenters. The zero-order chi connectivity index (χ0) is 15.7. The number of benzene rings is 1. The molecule has 0 saturated carbocycles. The van der Waals surface area contributed by atoms with Gasteiger partial charge in [0, 0.05) is 30.4 Å². The van der Waals surface area contributed by atoms with E-state index >= 15 is 0 Å². The highest BCUT2D eigenvalue weighted by molar-refractivity contribution is 5.47. The van der Waals surface area contributed by atoms with Gasteiger partial charge in [-0.05, 0) is 45.2 Å². The van der Waals surface area contributed by atoms with Crippen LogP contribution in [0.1, 0.15) is 37.6 Å². The van der Waals surface area contributed by atoms with Crippen molar-refractivity contribution in [2.24, 2.45) is 0 Å². The number of rotatable bonds is 2. The lowest BCUT2D eigenvalue weighted by Gasteiger charge is -2.30. The number of aryl methyl sites for hydroxylation is 1. The van der Waals surface area contributed by atoms with Crippen LogP contribution in [0.25, 0.3) is 0 Å². The van der Waals surface area contributed by atoms with Crippen molar-refractivity contribution in [1.29, 1.82) is 0 Å². The van der Waals surface area contributed by atoms with E-state index in [1.807, 2.05) is 13.0 Å². The Hall–Kier alpha value is -2.10. The molecule has 3 rings (SSSR count). The first kappa shape index (κ1) is 14.8. The lowest BCUT2D eigenvalue weighted by atomic mass is 10.0. The molecule has 4 heteroatoms. The Balaban J connectivity index is 1.86. The lowest BCUT2D eigenvalue weighted by molar-refractivity contribution is 0.628. The monoisotopic (exact) mass is 296 g/mol. The topological polar surface area (TPSA) is 41.1 Å². The lowest BCUT2D eigenvalue weighted by Crippen LogP contribution is -2.32. The Bertz CT molecular complexity index is 673. The molecule has 1 aliphatic heterocycles. The average molecular weight is 296 g/mol. The SMILES string of the molecule is Cc1cc(NC(C)(C)C)nc(N2CCc3ccccc3C2)n1. The molecule has 0 bridgehead atoms. The highest BCUT2D eigenvalue weighted by Crippen LogP contribution is 2.24. The van der Waals surface area contributed by atoms with Gasteiger partial charge in [0.2, 0.25) is 5.95 Å². The first-order valence-corrected chi connectivity index (χ1v) is 7.86. The molecule has 22 heavy (non-hydrogen) atoms. The molecule has 0 fully saturated rings. The molecule has 0 amide bonds. The van der Waals surface area contributed by atoms with E-state index in [1.165, 1.54) is 11.1 Å². The van der Waals surface area contributed by atoms with E-state index in [9.17, 15) is 0 Å². The summed E-state index contributed by atoms with van der Waals surface area (Å²) >= 11 is 0. The maximum Gasteiger partial charge on any atom is 0.227 e. The molecule has 116 valence electrons. The van der Waals surface area contributed by atoms with Crippen LogP contribution in [-0.2, 0) is 13.0 Å². The molecule has 2 heterocycles. The predicted octanol–water partition coefficient (Wildman–Crippen LogP) is 3.56. The van der Waals surface area contributed by atoms with Crippen molar-refractivity contribution in [3.05, 3.63) is 47.2 Å². The summed E-state index contributed by atoms with van der Waals surface area (Å²) in [6.07, 6.45) is 1.05. The predicted molar refractivity (Wildman–Crippen MR) is 91.3 cm³/mol. The van der Waals surface area contributed by atoms with E-state index in [4.69, 9.17) is 4.98 Å². The zero-order valence-electron chi connectivity index (χ0n) is 13.8.